The number of nitrogens with zero attached hydrogens (tertiary/aromatic N) is 1. The van der Waals surface area contributed by atoms with Crippen molar-refractivity contribution in [2.24, 2.45) is 5.73 Å². The molecule has 0 aromatic heterocycles. The highest BCUT2D eigenvalue weighted by Crippen LogP contribution is 2.24. The van der Waals surface area contributed by atoms with E-state index in [4.69, 9.17) is 28.9 Å². The van der Waals surface area contributed by atoms with Crippen LogP contribution in [0, 0.1) is 0 Å². The average molecular weight is 295 g/mol. The summed E-state index contributed by atoms with van der Waals surface area (Å²) >= 11 is 12.0. The van der Waals surface area contributed by atoms with Crippen LogP contribution in [0.3, 0.4) is 0 Å². The quantitative estimate of drug-likeness (QED) is 0.920. The van der Waals surface area contributed by atoms with Gasteiger partial charge >= 0.3 is 0 Å². The van der Waals surface area contributed by atoms with Gasteiger partial charge in [-0.3, -0.25) is 0 Å². The maximum atomic E-state index is 6.17. The molecule has 0 unspecified atom stereocenters. The first-order valence-corrected chi connectivity index (χ1v) is 6.80. The minimum Gasteiger partial charge on any atom is -0.370 e. The molecule has 2 N–H and O–H groups in total. The van der Waals surface area contributed by atoms with Crippen molar-refractivity contribution in [3.05, 3.63) is 63.6 Å². The Morgan fingerprint density at radius 1 is 1.05 bits per heavy atom. The summed E-state index contributed by atoms with van der Waals surface area (Å²) in [6.45, 7) is 1.26. The topological polar surface area (TPSA) is 29.3 Å². The van der Waals surface area contributed by atoms with Crippen LogP contribution >= 0.6 is 23.2 Å². The first-order chi connectivity index (χ1) is 9.10. The minimum absolute atomic E-state index is 0.458. The van der Waals surface area contributed by atoms with Crippen LogP contribution in [0.2, 0.25) is 10.0 Å². The molecule has 2 nitrogen and oxygen atoms in total. The lowest BCUT2D eigenvalue weighted by Gasteiger charge is -2.20. The van der Waals surface area contributed by atoms with E-state index in [9.17, 15) is 0 Å². The van der Waals surface area contributed by atoms with Gasteiger partial charge in [-0.2, -0.15) is 0 Å². The lowest BCUT2D eigenvalue weighted by Crippen LogP contribution is -2.16. The second-order valence-corrected chi connectivity index (χ2v) is 5.31. The molecule has 2 aromatic rings. The van der Waals surface area contributed by atoms with Crippen molar-refractivity contribution in [1.82, 2.24) is 0 Å². The van der Waals surface area contributed by atoms with E-state index in [0.29, 0.717) is 11.6 Å². The zero-order chi connectivity index (χ0) is 13.8. The molecule has 2 rings (SSSR count). The van der Waals surface area contributed by atoms with Crippen LogP contribution in [0.15, 0.2) is 42.5 Å². The van der Waals surface area contributed by atoms with Crippen molar-refractivity contribution >= 4 is 28.9 Å². The highest BCUT2D eigenvalue weighted by molar-refractivity contribution is 6.31. The fraction of sp³-hybridized carbons (Fsp3) is 0.200. The summed E-state index contributed by atoms with van der Waals surface area (Å²) < 4.78 is 0. The zero-order valence-corrected chi connectivity index (χ0v) is 12.2. The Bertz CT molecular complexity index is 553. The Balaban J connectivity index is 2.13. The van der Waals surface area contributed by atoms with Crippen molar-refractivity contribution in [2.45, 2.75) is 13.1 Å². The fourth-order valence-corrected chi connectivity index (χ4v) is 2.27. The van der Waals surface area contributed by atoms with Crippen molar-refractivity contribution in [3.63, 3.8) is 0 Å². The van der Waals surface area contributed by atoms with E-state index < -0.39 is 0 Å². The Labute approximate surface area is 123 Å². The Morgan fingerprint density at radius 3 is 2.32 bits per heavy atom. The summed E-state index contributed by atoms with van der Waals surface area (Å²) in [6, 6.07) is 13.8. The second kappa shape index (κ2) is 6.29. The highest BCUT2D eigenvalue weighted by atomic mass is 35.5. The van der Waals surface area contributed by atoms with Gasteiger partial charge in [0.25, 0.3) is 0 Å². The summed E-state index contributed by atoms with van der Waals surface area (Å²) in [5.74, 6) is 0. The van der Waals surface area contributed by atoms with Crippen molar-refractivity contribution in [3.8, 4) is 0 Å². The van der Waals surface area contributed by atoms with Gasteiger partial charge in [0.1, 0.15) is 0 Å². The molecular formula is C15H16Cl2N2. The summed E-state index contributed by atoms with van der Waals surface area (Å²) in [6.07, 6.45) is 0. The van der Waals surface area contributed by atoms with E-state index in [1.807, 2.05) is 49.5 Å². The van der Waals surface area contributed by atoms with Crippen molar-refractivity contribution in [2.75, 3.05) is 11.9 Å². The Hall–Kier alpha value is -1.22. The van der Waals surface area contributed by atoms with Gasteiger partial charge in [-0.25, -0.2) is 0 Å². The van der Waals surface area contributed by atoms with Crippen LogP contribution in [-0.4, -0.2) is 7.05 Å². The van der Waals surface area contributed by atoms with Gasteiger partial charge in [-0.15, -0.1) is 0 Å². The van der Waals surface area contributed by atoms with Gasteiger partial charge in [0.2, 0.25) is 0 Å². The van der Waals surface area contributed by atoms with E-state index in [2.05, 4.69) is 4.90 Å². The number of anilines is 1. The van der Waals surface area contributed by atoms with Gasteiger partial charge in [0.15, 0.2) is 0 Å². The fourth-order valence-electron chi connectivity index (χ4n) is 1.89. The number of benzene rings is 2. The predicted octanol–water partition coefficient (Wildman–Crippen LogP) is 4.09. The molecule has 0 radical (unpaired) electrons. The molecule has 0 aliphatic heterocycles. The molecule has 0 aliphatic carbocycles. The number of hydrogen-bond acceptors (Lipinski definition) is 2. The van der Waals surface area contributed by atoms with Gasteiger partial charge in [0.05, 0.1) is 0 Å². The molecule has 100 valence electrons. The van der Waals surface area contributed by atoms with Crippen molar-refractivity contribution < 1.29 is 0 Å². The van der Waals surface area contributed by atoms with E-state index >= 15 is 0 Å². The number of nitrogens with two attached hydrogens (primary N) is 1. The smallest absolute Gasteiger partial charge is 0.0471 e. The standard InChI is InChI=1S/C15H16Cl2N2/c1-19(10-11-2-5-13(16)6-3-11)14-7-4-12(9-18)15(17)8-14/h2-8H,9-10,18H2,1H3. The zero-order valence-electron chi connectivity index (χ0n) is 10.7. The van der Waals surface area contributed by atoms with Crippen LogP contribution in [-0.2, 0) is 13.1 Å². The lowest BCUT2D eigenvalue weighted by atomic mass is 10.1. The molecule has 0 amide bonds. The molecule has 0 saturated heterocycles. The molecule has 2 aromatic carbocycles. The SMILES string of the molecule is CN(Cc1ccc(Cl)cc1)c1ccc(CN)c(Cl)c1. The molecule has 0 aliphatic rings. The van der Waals surface area contributed by atoms with E-state index in [-0.39, 0.29) is 0 Å². The highest BCUT2D eigenvalue weighted by Gasteiger charge is 2.05. The largest absolute Gasteiger partial charge is 0.370 e. The van der Waals surface area contributed by atoms with Gasteiger partial charge < -0.3 is 10.6 Å². The Morgan fingerprint density at radius 2 is 1.74 bits per heavy atom. The minimum atomic E-state index is 0.458. The first-order valence-electron chi connectivity index (χ1n) is 6.04. The molecule has 0 atom stereocenters. The van der Waals surface area contributed by atoms with Crippen molar-refractivity contribution in [1.29, 1.82) is 0 Å². The molecule has 0 bridgehead atoms. The van der Waals surface area contributed by atoms with Crippen LogP contribution in [0.4, 0.5) is 5.69 Å². The second-order valence-electron chi connectivity index (χ2n) is 4.46. The van der Waals surface area contributed by atoms with Gasteiger partial charge in [0, 0.05) is 35.9 Å². The lowest BCUT2D eigenvalue weighted by molar-refractivity contribution is 0.921. The summed E-state index contributed by atoms with van der Waals surface area (Å²) in [5, 5.41) is 1.46. The number of hydrogen-bond donors (Lipinski definition) is 1. The maximum Gasteiger partial charge on any atom is 0.0471 e. The van der Waals surface area contributed by atoms with Gasteiger partial charge in [-0.05, 0) is 35.4 Å². The van der Waals surface area contributed by atoms with Crippen LogP contribution < -0.4 is 10.6 Å². The molecule has 19 heavy (non-hydrogen) atoms. The molecule has 0 heterocycles. The van der Waals surface area contributed by atoms with Crippen LogP contribution in [0.25, 0.3) is 0 Å². The van der Waals surface area contributed by atoms with Crippen LogP contribution in [0.5, 0.6) is 0 Å². The third kappa shape index (κ3) is 3.63. The van der Waals surface area contributed by atoms with E-state index in [1.54, 1.807) is 0 Å². The predicted molar refractivity (Wildman–Crippen MR) is 82.9 cm³/mol. The third-order valence-corrected chi connectivity index (χ3v) is 3.63. The molecule has 0 saturated carbocycles. The molecule has 0 fully saturated rings. The average Bonchev–Trinajstić information content (AvgIpc) is 2.41. The van der Waals surface area contributed by atoms with Crippen LogP contribution in [0.1, 0.15) is 11.1 Å². The number of halogens is 2. The molecule has 0 spiro atoms. The molecular weight excluding hydrogens is 279 g/mol. The Kier molecular flexibility index (Phi) is 4.70. The maximum absolute atomic E-state index is 6.17. The normalized spacial score (nSPS) is 10.5. The monoisotopic (exact) mass is 294 g/mol. The summed E-state index contributed by atoms with van der Waals surface area (Å²) in [4.78, 5) is 2.13. The van der Waals surface area contributed by atoms with E-state index in [0.717, 1.165) is 22.8 Å². The van der Waals surface area contributed by atoms with Gasteiger partial charge in [-0.1, -0.05) is 41.4 Å². The summed E-state index contributed by atoms with van der Waals surface area (Å²) in [7, 11) is 2.03. The summed E-state index contributed by atoms with van der Waals surface area (Å²) in [5.41, 5.74) is 8.83. The molecule has 4 heteroatoms. The first kappa shape index (κ1) is 14.2. The van der Waals surface area contributed by atoms with E-state index in [1.165, 1.54) is 5.56 Å². The number of rotatable bonds is 4. The third-order valence-electron chi connectivity index (χ3n) is 3.03.